The lowest BCUT2D eigenvalue weighted by molar-refractivity contribution is -0.126. The van der Waals surface area contributed by atoms with Crippen LogP contribution in [0.25, 0.3) is 0 Å². The van der Waals surface area contributed by atoms with Gasteiger partial charge in [0.25, 0.3) is 0 Å². The Hall–Kier alpha value is -0.0900. The van der Waals surface area contributed by atoms with Gasteiger partial charge in [-0.15, -0.1) is 0 Å². The second kappa shape index (κ2) is 11.0. The van der Waals surface area contributed by atoms with Gasteiger partial charge in [-0.2, -0.15) is 0 Å². The fraction of sp³-hybridized carbons (Fsp3) is 0.923. The van der Waals surface area contributed by atoms with Gasteiger partial charge >= 0.3 is 0 Å². The van der Waals surface area contributed by atoms with Crippen LogP contribution < -0.4 is 5.32 Å². The molecule has 1 amide bonds. The quantitative estimate of drug-likeness (QED) is 0.630. The number of carbonyl (C=O) groups excluding carboxylic acids is 1. The van der Waals surface area contributed by atoms with Gasteiger partial charge < -0.3 is 10.1 Å². The van der Waals surface area contributed by atoms with E-state index in [9.17, 15) is 4.79 Å². The summed E-state index contributed by atoms with van der Waals surface area (Å²) in [5.41, 5.74) is 0. The highest BCUT2D eigenvalue weighted by Gasteiger charge is 2.19. The van der Waals surface area contributed by atoms with Gasteiger partial charge in [0.15, 0.2) is 0 Å². The largest absolute Gasteiger partial charge is 0.383 e. The van der Waals surface area contributed by atoms with Gasteiger partial charge in [-0.3, -0.25) is 4.79 Å². The molecule has 102 valence electrons. The van der Waals surface area contributed by atoms with E-state index in [1.165, 1.54) is 0 Å². The maximum absolute atomic E-state index is 12.1. The lowest BCUT2D eigenvalue weighted by Gasteiger charge is -2.21. The van der Waals surface area contributed by atoms with Gasteiger partial charge in [-0.25, -0.2) is 0 Å². The molecule has 3 nitrogen and oxygen atoms in total. The third-order valence-corrected chi connectivity index (χ3v) is 3.27. The van der Waals surface area contributed by atoms with Crippen LogP contribution >= 0.6 is 15.9 Å². The Kier molecular flexibility index (Phi) is 11.0. The highest BCUT2D eigenvalue weighted by atomic mass is 79.9. The monoisotopic (exact) mass is 307 g/mol. The molecular weight excluding hydrogens is 282 g/mol. The van der Waals surface area contributed by atoms with E-state index in [2.05, 4.69) is 35.1 Å². The number of alkyl halides is 1. The highest BCUT2D eigenvalue weighted by Crippen LogP contribution is 2.14. The summed E-state index contributed by atoms with van der Waals surface area (Å²) in [6, 6.07) is 0.128. The minimum absolute atomic E-state index is 0.128. The Morgan fingerprint density at radius 3 is 2.24 bits per heavy atom. The predicted octanol–water partition coefficient (Wildman–Crippen LogP) is 3.12. The van der Waals surface area contributed by atoms with Gasteiger partial charge in [0.1, 0.15) is 0 Å². The zero-order valence-electron chi connectivity index (χ0n) is 11.3. The minimum atomic E-state index is 0.128. The van der Waals surface area contributed by atoms with Crippen molar-refractivity contribution in [3.05, 3.63) is 0 Å². The van der Waals surface area contributed by atoms with Gasteiger partial charge in [-0.1, -0.05) is 42.6 Å². The molecule has 0 aromatic heterocycles. The Bertz CT molecular complexity index is 188. The summed E-state index contributed by atoms with van der Waals surface area (Å²) < 4.78 is 5.12. The third-order valence-electron chi connectivity index (χ3n) is 2.82. The first-order valence-electron chi connectivity index (χ1n) is 6.54. The van der Waals surface area contributed by atoms with Crippen LogP contribution in [0.5, 0.6) is 0 Å². The van der Waals surface area contributed by atoms with Crippen molar-refractivity contribution < 1.29 is 9.53 Å². The van der Waals surface area contributed by atoms with Crippen LogP contribution in [0.1, 0.15) is 46.0 Å². The number of hydrogen-bond donors (Lipinski definition) is 1. The van der Waals surface area contributed by atoms with Crippen molar-refractivity contribution in [2.45, 2.75) is 52.0 Å². The van der Waals surface area contributed by atoms with E-state index in [0.29, 0.717) is 6.61 Å². The molecule has 4 heteroatoms. The van der Waals surface area contributed by atoms with E-state index in [1.54, 1.807) is 7.11 Å². The van der Waals surface area contributed by atoms with Crippen LogP contribution in [0.3, 0.4) is 0 Å². The van der Waals surface area contributed by atoms with Crippen LogP contribution in [-0.2, 0) is 9.53 Å². The fourth-order valence-electron chi connectivity index (χ4n) is 1.95. The first kappa shape index (κ1) is 16.9. The second-order valence-electron chi connectivity index (χ2n) is 4.41. The van der Waals surface area contributed by atoms with Crippen molar-refractivity contribution in [1.29, 1.82) is 0 Å². The van der Waals surface area contributed by atoms with Gasteiger partial charge in [0, 0.05) is 18.4 Å². The molecule has 1 atom stereocenters. The van der Waals surface area contributed by atoms with E-state index in [-0.39, 0.29) is 17.9 Å². The molecule has 0 aliphatic rings. The van der Waals surface area contributed by atoms with Crippen LogP contribution in [0.15, 0.2) is 0 Å². The normalized spacial score (nSPS) is 12.8. The number of rotatable bonds is 10. The summed E-state index contributed by atoms with van der Waals surface area (Å²) in [6.07, 6.45) is 4.99. The van der Waals surface area contributed by atoms with Crippen LogP contribution in [0.4, 0.5) is 0 Å². The zero-order chi connectivity index (χ0) is 13.1. The first-order chi connectivity index (χ1) is 8.19. The molecule has 1 N–H and O–H groups in total. The molecule has 0 aliphatic carbocycles. The van der Waals surface area contributed by atoms with E-state index in [4.69, 9.17) is 4.74 Å². The van der Waals surface area contributed by atoms with Gasteiger partial charge in [0.05, 0.1) is 12.6 Å². The van der Waals surface area contributed by atoms with Crippen molar-refractivity contribution in [3.8, 4) is 0 Å². The van der Waals surface area contributed by atoms with E-state index in [0.717, 1.165) is 37.4 Å². The SMILES string of the molecule is CCCC(CCC)C(=O)NC(CCBr)COC. The zero-order valence-corrected chi connectivity index (χ0v) is 12.9. The molecule has 0 fully saturated rings. The van der Waals surface area contributed by atoms with Crippen LogP contribution in [0, 0.1) is 5.92 Å². The molecule has 1 unspecified atom stereocenters. The molecule has 0 aliphatic heterocycles. The van der Waals surface area contributed by atoms with E-state index in [1.807, 2.05) is 0 Å². The fourth-order valence-corrected chi connectivity index (χ4v) is 2.51. The maximum Gasteiger partial charge on any atom is 0.223 e. The number of nitrogens with one attached hydrogen (secondary N) is 1. The lowest BCUT2D eigenvalue weighted by Crippen LogP contribution is -2.41. The molecule has 0 spiro atoms. The first-order valence-corrected chi connectivity index (χ1v) is 7.66. The molecule has 0 bridgehead atoms. The highest BCUT2D eigenvalue weighted by molar-refractivity contribution is 9.09. The topological polar surface area (TPSA) is 38.3 Å². The number of ether oxygens (including phenoxy) is 1. The summed E-state index contributed by atoms with van der Waals surface area (Å²) >= 11 is 3.40. The van der Waals surface area contributed by atoms with Crippen molar-refractivity contribution in [2.75, 3.05) is 19.0 Å². The van der Waals surface area contributed by atoms with Crippen molar-refractivity contribution in [3.63, 3.8) is 0 Å². The van der Waals surface area contributed by atoms with Gasteiger partial charge in [0.2, 0.25) is 5.91 Å². The molecule has 0 aromatic carbocycles. The Labute approximate surface area is 114 Å². The molecule has 0 saturated heterocycles. The number of methoxy groups -OCH3 is 1. The maximum atomic E-state index is 12.1. The smallest absolute Gasteiger partial charge is 0.223 e. The third kappa shape index (κ3) is 7.77. The summed E-state index contributed by atoms with van der Waals surface area (Å²) in [5.74, 6) is 0.358. The van der Waals surface area contributed by atoms with Crippen molar-refractivity contribution >= 4 is 21.8 Å². The molecule has 0 saturated carbocycles. The number of carbonyl (C=O) groups is 1. The van der Waals surface area contributed by atoms with Crippen LogP contribution in [-0.4, -0.2) is 31.0 Å². The Morgan fingerprint density at radius 2 is 1.82 bits per heavy atom. The Morgan fingerprint density at radius 1 is 1.24 bits per heavy atom. The Balaban J connectivity index is 4.22. The molecular formula is C13H26BrNO2. The average Bonchev–Trinajstić information content (AvgIpc) is 2.29. The summed E-state index contributed by atoms with van der Waals surface area (Å²) in [5, 5.41) is 3.98. The van der Waals surface area contributed by atoms with E-state index < -0.39 is 0 Å². The standard InChI is InChI=1S/C13H26BrNO2/c1-4-6-11(7-5-2)13(16)15-12(8-9-14)10-17-3/h11-12H,4-10H2,1-3H3,(H,15,16). The minimum Gasteiger partial charge on any atom is -0.383 e. The number of hydrogen-bond acceptors (Lipinski definition) is 2. The molecule has 0 rings (SSSR count). The summed E-state index contributed by atoms with van der Waals surface area (Å²) in [6.45, 7) is 4.84. The van der Waals surface area contributed by atoms with Crippen molar-refractivity contribution in [1.82, 2.24) is 5.32 Å². The molecule has 17 heavy (non-hydrogen) atoms. The average molecular weight is 308 g/mol. The van der Waals surface area contributed by atoms with Crippen LogP contribution in [0.2, 0.25) is 0 Å². The second-order valence-corrected chi connectivity index (χ2v) is 5.21. The summed E-state index contributed by atoms with van der Waals surface area (Å²) in [7, 11) is 1.67. The predicted molar refractivity (Wildman–Crippen MR) is 75.5 cm³/mol. The molecule has 0 heterocycles. The summed E-state index contributed by atoms with van der Waals surface area (Å²) in [4.78, 5) is 12.1. The molecule has 0 aromatic rings. The van der Waals surface area contributed by atoms with Crippen molar-refractivity contribution in [2.24, 2.45) is 5.92 Å². The molecule has 0 radical (unpaired) electrons. The number of halogens is 1. The lowest BCUT2D eigenvalue weighted by atomic mass is 9.97. The number of amides is 1. The van der Waals surface area contributed by atoms with E-state index >= 15 is 0 Å². The van der Waals surface area contributed by atoms with Gasteiger partial charge in [-0.05, 0) is 19.3 Å².